The summed E-state index contributed by atoms with van der Waals surface area (Å²) in [5, 5.41) is 10.8. The third-order valence-electron chi connectivity index (χ3n) is 7.97. The van der Waals surface area contributed by atoms with Gasteiger partial charge in [-0.15, -0.1) is 0 Å². The van der Waals surface area contributed by atoms with Crippen LogP contribution in [0.4, 0.5) is 8.78 Å². The van der Waals surface area contributed by atoms with E-state index in [1.807, 2.05) is 35.0 Å². The van der Waals surface area contributed by atoms with Crippen molar-refractivity contribution in [3.8, 4) is 17.1 Å². The number of aryl methyl sites for hydroxylation is 1. The highest BCUT2D eigenvalue weighted by atomic mass is 19.3. The van der Waals surface area contributed by atoms with Gasteiger partial charge in [-0.25, -0.2) is 23.7 Å². The smallest absolute Gasteiger partial charge is 0.290 e. The Labute approximate surface area is 280 Å². The largest absolute Gasteiger partial charge is 0.494 e. The number of benzene rings is 1. The summed E-state index contributed by atoms with van der Waals surface area (Å²) in [5.41, 5.74) is 1.31. The second-order valence-electron chi connectivity index (χ2n) is 11.3. The fourth-order valence-corrected chi connectivity index (χ4v) is 5.56. The molecule has 1 aliphatic rings. The predicted octanol–water partition coefficient (Wildman–Crippen LogP) is 3.97. The molecule has 0 atom stereocenters. The molecule has 2 bridgehead atoms. The minimum Gasteiger partial charge on any atom is -0.494 e. The van der Waals surface area contributed by atoms with E-state index < -0.39 is 6.43 Å². The number of fused-ring (bicyclic) bond motifs is 5. The van der Waals surface area contributed by atoms with Crippen LogP contribution in [0.3, 0.4) is 0 Å². The van der Waals surface area contributed by atoms with Gasteiger partial charge < -0.3 is 24.2 Å². The van der Waals surface area contributed by atoms with Crippen molar-refractivity contribution in [3.05, 3.63) is 84.5 Å². The molecule has 0 fully saturated rings. The number of aromatic nitrogens is 7. The van der Waals surface area contributed by atoms with Crippen LogP contribution in [0.2, 0.25) is 0 Å². The number of hydrogen-bond donors (Lipinski definition) is 1. The summed E-state index contributed by atoms with van der Waals surface area (Å²) in [7, 11) is 0. The molecule has 5 heterocycles. The Bertz CT molecular complexity index is 1840. The number of carbonyl (C=O) groups is 3. The van der Waals surface area contributed by atoms with Gasteiger partial charge in [0.15, 0.2) is 0 Å². The number of carbonyl (C=O) groups excluding carboxylic acids is 2. The summed E-state index contributed by atoms with van der Waals surface area (Å²) in [6.07, 6.45) is 7.83. The van der Waals surface area contributed by atoms with Gasteiger partial charge in [-0.3, -0.25) is 23.5 Å². The maximum atomic E-state index is 13.6. The summed E-state index contributed by atoms with van der Waals surface area (Å²) in [6.45, 7) is 3.85. The van der Waals surface area contributed by atoms with E-state index in [0.29, 0.717) is 81.5 Å². The molecule has 0 aliphatic carbocycles. The van der Waals surface area contributed by atoms with Crippen molar-refractivity contribution < 1.29 is 33.0 Å². The average molecular weight is 678 g/mol. The van der Waals surface area contributed by atoms with E-state index in [4.69, 9.17) is 14.6 Å². The Morgan fingerprint density at radius 2 is 1.76 bits per heavy atom. The van der Waals surface area contributed by atoms with E-state index in [-0.39, 0.29) is 30.5 Å². The fraction of sp³-hybridized carbons (Fsp3) is 0.364. The summed E-state index contributed by atoms with van der Waals surface area (Å²) >= 11 is 0. The fourth-order valence-electron chi connectivity index (χ4n) is 5.56. The molecule has 258 valence electrons. The van der Waals surface area contributed by atoms with Crippen LogP contribution in [0.15, 0.2) is 67.4 Å². The number of alkyl halides is 2. The Morgan fingerprint density at radius 3 is 2.51 bits per heavy atom. The maximum Gasteiger partial charge on any atom is 0.290 e. The summed E-state index contributed by atoms with van der Waals surface area (Å²) in [4.78, 5) is 52.2. The van der Waals surface area contributed by atoms with Gasteiger partial charge in [-0.2, -0.15) is 5.10 Å². The minimum atomic E-state index is -2.71. The van der Waals surface area contributed by atoms with Crippen molar-refractivity contribution in [2.24, 2.45) is 0 Å². The van der Waals surface area contributed by atoms with Gasteiger partial charge >= 0.3 is 0 Å². The summed E-state index contributed by atoms with van der Waals surface area (Å²) in [6, 6.07) is 10.7. The van der Waals surface area contributed by atoms with Gasteiger partial charge in [0.2, 0.25) is 11.7 Å². The van der Waals surface area contributed by atoms with Crippen molar-refractivity contribution in [2.45, 2.75) is 45.7 Å². The molecule has 49 heavy (non-hydrogen) atoms. The van der Waals surface area contributed by atoms with Crippen LogP contribution in [-0.4, -0.2) is 99.7 Å². The third kappa shape index (κ3) is 8.82. The van der Waals surface area contributed by atoms with Crippen molar-refractivity contribution in [3.63, 3.8) is 0 Å². The van der Waals surface area contributed by atoms with Crippen LogP contribution in [0.1, 0.15) is 47.6 Å². The molecule has 14 nitrogen and oxygen atoms in total. The standard InChI is InChI=1S/C32H35F2N9O3.CH2O2/c1-23-19-26(29(33)34)38-43(23)22-28(44)39-11-2-3-12-41(31(45)27-21-42-13-5-9-36-32(42)37-27)14-6-18-46-25-8-4-7-24(20-25)30-35-10-15-40(30)17-16-39;2-1-3/h4-5,7-10,13,15,19-21,29H,2-3,6,11-12,14,16-18,22H2,1H3;1H,(H,2,3). The number of halogens is 2. The average Bonchev–Trinajstić information content (AvgIpc) is 3.84. The molecule has 1 aromatic carbocycles. The molecular formula is C33H37F2N9O5. The van der Waals surface area contributed by atoms with E-state index in [9.17, 15) is 18.4 Å². The molecule has 4 aromatic heterocycles. The highest BCUT2D eigenvalue weighted by molar-refractivity contribution is 5.92. The zero-order chi connectivity index (χ0) is 34.8. The van der Waals surface area contributed by atoms with Crippen LogP contribution >= 0.6 is 0 Å². The molecule has 0 radical (unpaired) electrons. The van der Waals surface area contributed by atoms with Gasteiger partial charge in [0.05, 0.1) is 6.61 Å². The Kier molecular flexibility index (Phi) is 11.6. The predicted molar refractivity (Wildman–Crippen MR) is 173 cm³/mol. The van der Waals surface area contributed by atoms with E-state index in [1.165, 1.54) is 10.7 Å². The number of hydrogen-bond acceptors (Lipinski definition) is 8. The zero-order valence-electron chi connectivity index (χ0n) is 26.9. The number of rotatable bonds is 4. The zero-order valence-corrected chi connectivity index (χ0v) is 26.9. The Balaban J connectivity index is 0.00000151. The quantitative estimate of drug-likeness (QED) is 0.279. The van der Waals surface area contributed by atoms with Gasteiger partial charge in [0.25, 0.3) is 18.8 Å². The topological polar surface area (TPSA) is 153 Å². The van der Waals surface area contributed by atoms with E-state index in [1.54, 1.807) is 52.0 Å². The molecule has 0 spiro atoms. The molecule has 1 N–H and O–H groups in total. The van der Waals surface area contributed by atoms with Crippen molar-refractivity contribution >= 4 is 24.1 Å². The maximum absolute atomic E-state index is 13.6. The lowest BCUT2D eigenvalue weighted by Crippen LogP contribution is -2.38. The van der Waals surface area contributed by atoms with Crippen molar-refractivity contribution in [1.29, 1.82) is 0 Å². The number of carboxylic acid groups (broad SMARTS) is 1. The molecule has 0 saturated heterocycles. The molecule has 6 rings (SSSR count). The molecule has 16 heteroatoms. The third-order valence-corrected chi connectivity index (χ3v) is 7.97. The molecule has 2 amide bonds. The van der Waals surface area contributed by atoms with Crippen LogP contribution in [0.25, 0.3) is 17.2 Å². The highest BCUT2D eigenvalue weighted by Gasteiger charge is 2.22. The lowest BCUT2D eigenvalue weighted by atomic mass is 10.2. The van der Waals surface area contributed by atoms with Crippen LogP contribution in [0, 0.1) is 6.92 Å². The van der Waals surface area contributed by atoms with Crippen molar-refractivity contribution in [1.82, 2.24) is 43.5 Å². The molecule has 0 saturated carbocycles. The van der Waals surface area contributed by atoms with E-state index in [0.717, 1.165) is 11.4 Å². The molecular weight excluding hydrogens is 640 g/mol. The first kappa shape index (κ1) is 34.7. The normalized spacial score (nSPS) is 14.4. The van der Waals surface area contributed by atoms with Crippen LogP contribution in [0.5, 0.6) is 5.75 Å². The van der Waals surface area contributed by atoms with Gasteiger partial charge in [0.1, 0.15) is 29.5 Å². The first-order chi connectivity index (χ1) is 23.8. The molecule has 5 aromatic rings. The minimum absolute atomic E-state index is 0.152. The summed E-state index contributed by atoms with van der Waals surface area (Å²) in [5.74, 6) is 1.45. The number of imidazole rings is 2. The van der Waals surface area contributed by atoms with Gasteiger partial charge in [0, 0.05) is 75.0 Å². The number of ether oxygens (including phenoxy) is 1. The van der Waals surface area contributed by atoms with Crippen molar-refractivity contribution in [2.75, 3.05) is 32.8 Å². The van der Waals surface area contributed by atoms with Crippen LogP contribution in [-0.2, 0) is 22.7 Å². The van der Waals surface area contributed by atoms with Gasteiger partial charge in [-0.1, -0.05) is 12.1 Å². The first-order valence-electron chi connectivity index (χ1n) is 15.8. The second kappa shape index (κ2) is 16.4. The second-order valence-corrected chi connectivity index (χ2v) is 11.3. The number of amides is 2. The van der Waals surface area contributed by atoms with E-state index >= 15 is 0 Å². The monoisotopic (exact) mass is 677 g/mol. The Morgan fingerprint density at radius 1 is 0.980 bits per heavy atom. The molecule has 0 unspecified atom stereocenters. The SMILES string of the molecule is Cc1cc(C(F)F)nn1CC(=O)N1CCCCN(C(=O)c2cn3cccnc3n2)CCCOc2cccc(c2)-c2nccn2CC1.O=CO. The number of nitrogens with zero attached hydrogens (tertiary/aromatic N) is 9. The van der Waals surface area contributed by atoms with Gasteiger partial charge in [-0.05, 0) is 50.5 Å². The lowest BCUT2D eigenvalue weighted by Gasteiger charge is -2.25. The molecule has 1 aliphatic heterocycles. The lowest BCUT2D eigenvalue weighted by molar-refractivity contribution is -0.132. The van der Waals surface area contributed by atoms with Crippen LogP contribution < -0.4 is 4.74 Å². The summed E-state index contributed by atoms with van der Waals surface area (Å²) < 4.78 is 37.6. The Hall–Kier alpha value is -5.67. The first-order valence-corrected chi connectivity index (χ1v) is 15.8. The van der Waals surface area contributed by atoms with E-state index in [2.05, 4.69) is 20.1 Å². The highest BCUT2D eigenvalue weighted by Crippen LogP contribution is 2.23.